The number of carbonyl (C=O) groups is 2. The molecule has 9 nitrogen and oxygen atoms in total. The van der Waals surface area contributed by atoms with Crippen LogP contribution in [-0.2, 0) is 23.1 Å². The van der Waals surface area contributed by atoms with Crippen molar-refractivity contribution in [1.29, 1.82) is 0 Å². The first-order valence-electron chi connectivity index (χ1n) is 8.62. The third-order valence-electron chi connectivity index (χ3n) is 4.55. The Balaban J connectivity index is 1.50. The van der Waals surface area contributed by atoms with E-state index in [0.717, 1.165) is 15.5 Å². The molecule has 0 fully saturated rings. The smallest absolute Gasteiger partial charge is 0.326 e. The van der Waals surface area contributed by atoms with Crippen LogP contribution in [0.2, 0.25) is 0 Å². The van der Waals surface area contributed by atoms with Gasteiger partial charge in [-0.1, -0.05) is 18.2 Å². The lowest BCUT2D eigenvalue weighted by Gasteiger charge is -2.12. The fraction of sp³-hybridized carbons (Fsp3) is 0.211. The summed E-state index contributed by atoms with van der Waals surface area (Å²) < 4.78 is 7.86. The van der Waals surface area contributed by atoms with Gasteiger partial charge >= 0.3 is 5.97 Å². The summed E-state index contributed by atoms with van der Waals surface area (Å²) in [7, 11) is 1.67. The molecule has 4 rings (SSSR count). The first-order valence-corrected chi connectivity index (χ1v) is 8.62. The van der Waals surface area contributed by atoms with Gasteiger partial charge in [0.15, 0.2) is 11.8 Å². The summed E-state index contributed by atoms with van der Waals surface area (Å²) in [5.41, 5.74) is 1.31. The predicted octanol–water partition coefficient (Wildman–Crippen LogP) is 1.43. The van der Waals surface area contributed by atoms with Gasteiger partial charge in [-0.05, 0) is 13.0 Å². The van der Waals surface area contributed by atoms with E-state index in [1.54, 1.807) is 13.2 Å². The number of esters is 1. The fourth-order valence-corrected chi connectivity index (χ4v) is 3.10. The summed E-state index contributed by atoms with van der Waals surface area (Å²) >= 11 is 0. The van der Waals surface area contributed by atoms with Crippen molar-refractivity contribution in [1.82, 2.24) is 24.3 Å². The number of H-pyrrole nitrogens is 1. The number of nitrogens with zero attached hydrogens (tertiary/aromatic N) is 4. The number of nitrogens with one attached hydrogen (secondary N) is 1. The van der Waals surface area contributed by atoms with E-state index in [2.05, 4.69) is 15.1 Å². The van der Waals surface area contributed by atoms with Crippen LogP contribution in [0, 0.1) is 0 Å². The standard InChI is InChI=1S/C19H17N5O4/c1-11(17(26)13-7-20-15-6-4-3-5-12(13)15)28-16(25)9-24-10-21-18-14(19(24)27)8-22-23(18)2/h3-8,10-11,20H,9H2,1-2H3. The maximum absolute atomic E-state index is 12.7. The van der Waals surface area contributed by atoms with Crippen molar-refractivity contribution in [2.24, 2.45) is 7.05 Å². The molecule has 142 valence electrons. The number of aromatic nitrogens is 5. The SMILES string of the molecule is CC(OC(=O)Cn1cnc2c(cnn2C)c1=O)C(=O)c1c[nH]c2ccccc12. The molecule has 0 saturated carbocycles. The van der Waals surface area contributed by atoms with Gasteiger partial charge in [0.05, 0.1) is 6.20 Å². The monoisotopic (exact) mass is 379 g/mol. The highest BCUT2D eigenvalue weighted by atomic mass is 16.5. The molecule has 0 bridgehead atoms. The average molecular weight is 379 g/mol. The number of benzene rings is 1. The number of carbonyl (C=O) groups excluding carboxylic acids is 2. The van der Waals surface area contributed by atoms with E-state index < -0.39 is 17.6 Å². The van der Waals surface area contributed by atoms with E-state index in [9.17, 15) is 14.4 Å². The molecule has 1 aromatic carbocycles. The normalized spacial score (nSPS) is 12.4. The number of hydrogen-bond acceptors (Lipinski definition) is 6. The molecule has 0 amide bonds. The van der Waals surface area contributed by atoms with Crippen LogP contribution in [0.15, 0.2) is 47.8 Å². The molecule has 0 spiro atoms. The fourth-order valence-electron chi connectivity index (χ4n) is 3.10. The third-order valence-corrected chi connectivity index (χ3v) is 4.55. The third kappa shape index (κ3) is 2.96. The van der Waals surface area contributed by atoms with E-state index in [1.807, 2.05) is 24.3 Å². The summed E-state index contributed by atoms with van der Waals surface area (Å²) in [6.45, 7) is 1.16. The number of Topliss-reactive ketones (excluding diaryl/α,β-unsaturated/α-hetero) is 1. The summed E-state index contributed by atoms with van der Waals surface area (Å²) in [5.74, 6) is -1.02. The van der Waals surface area contributed by atoms with Gasteiger partial charge in [-0.25, -0.2) is 4.98 Å². The molecular formula is C19H17N5O4. The largest absolute Gasteiger partial charge is 0.453 e. The minimum atomic E-state index is -0.988. The van der Waals surface area contributed by atoms with Crippen molar-refractivity contribution < 1.29 is 14.3 Å². The molecule has 3 heterocycles. The van der Waals surface area contributed by atoms with Crippen LogP contribution < -0.4 is 5.56 Å². The number of rotatable bonds is 5. The number of aryl methyl sites for hydroxylation is 1. The number of para-hydroxylation sites is 1. The highest BCUT2D eigenvalue weighted by Gasteiger charge is 2.22. The molecule has 28 heavy (non-hydrogen) atoms. The molecule has 0 saturated heterocycles. The molecule has 4 aromatic rings. The van der Waals surface area contributed by atoms with Crippen LogP contribution in [0.3, 0.4) is 0 Å². The van der Waals surface area contributed by atoms with Crippen LogP contribution in [0.4, 0.5) is 0 Å². The van der Waals surface area contributed by atoms with Gasteiger partial charge in [0.2, 0.25) is 5.78 Å². The lowest BCUT2D eigenvalue weighted by Crippen LogP contribution is -2.30. The minimum Gasteiger partial charge on any atom is -0.453 e. The van der Waals surface area contributed by atoms with Crippen molar-refractivity contribution in [2.75, 3.05) is 0 Å². The van der Waals surface area contributed by atoms with Crippen molar-refractivity contribution in [3.05, 3.63) is 58.9 Å². The van der Waals surface area contributed by atoms with Gasteiger partial charge < -0.3 is 9.72 Å². The summed E-state index contributed by atoms with van der Waals surface area (Å²) in [6, 6.07) is 7.37. The zero-order valence-corrected chi connectivity index (χ0v) is 15.2. The van der Waals surface area contributed by atoms with Gasteiger partial charge in [0.25, 0.3) is 5.56 Å². The Bertz CT molecular complexity index is 1270. The molecule has 3 aromatic heterocycles. The highest BCUT2D eigenvalue weighted by molar-refractivity contribution is 6.10. The van der Waals surface area contributed by atoms with E-state index in [1.165, 1.54) is 24.1 Å². The molecule has 0 aliphatic heterocycles. The highest BCUT2D eigenvalue weighted by Crippen LogP contribution is 2.20. The first-order chi connectivity index (χ1) is 13.5. The number of ether oxygens (including phenoxy) is 1. The summed E-state index contributed by atoms with van der Waals surface area (Å²) in [6.07, 6.45) is 3.27. The van der Waals surface area contributed by atoms with Crippen LogP contribution >= 0.6 is 0 Å². The molecule has 0 aliphatic carbocycles. The topological polar surface area (TPSA) is 112 Å². The van der Waals surface area contributed by atoms with Crippen LogP contribution in [0.5, 0.6) is 0 Å². The summed E-state index contributed by atoms with van der Waals surface area (Å²) in [5, 5.41) is 5.05. The van der Waals surface area contributed by atoms with E-state index in [-0.39, 0.29) is 12.3 Å². The molecule has 0 radical (unpaired) electrons. The first kappa shape index (κ1) is 17.7. The lowest BCUT2D eigenvalue weighted by atomic mass is 10.1. The zero-order valence-electron chi connectivity index (χ0n) is 15.2. The molecule has 1 N–H and O–H groups in total. The van der Waals surface area contributed by atoms with Crippen molar-refractivity contribution in [3.8, 4) is 0 Å². The Morgan fingerprint density at radius 2 is 2.04 bits per heavy atom. The number of fused-ring (bicyclic) bond motifs is 2. The second-order valence-electron chi connectivity index (χ2n) is 6.43. The summed E-state index contributed by atoms with van der Waals surface area (Å²) in [4.78, 5) is 44.5. The Labute approximate surface area is 158 Å². The maximum atomic E-state index is 12.7. The Morgan fingerprint density at radius 1 is 1.25 bits per heavy atom. The van der Waals surface area contributed by atoms with Crippen LogP contribution in [-0.4, -0.2) is 42.2 Å². The van der Waals surface area contributed by atoms with Crippen LogP contribution in [0.25, 0.3) is 21.9 Å². The maximum Gasteiger partial charge on any atom is 0.326 e. The minimum absolute atomic E-state index is 0.306. The molecule has 0 aliphatic rings. The van der Waals surface area contributed by atoms with Gasteiger partial charge in [0.1, 0.15) is 18.3 Å². The Hall–Kier alpha value is -3.75. The average Bonchev–Trinajstić information content (AvgIpc) is 3.27. The predicted molar refractivity (Wildman–Crippen MR) is 101 cm³/mol. The van der Waals surface area contributed by atoms with Gasteiger partial charge in [-0.2, -0.15) is 5.10 Å². The number of aromatic amines is 1. The number of ketones is 1. The lowest BCUT2D eigenvalue weighted by molar-refractivity contribution is -0.147. The second-order valence-corrected chi connectivity index (χ2v) is 6.43. The number of hydrogen-bond donors (Lipinski definition) is 1. The molecule has 9 heteroatoms. The zero-order chi connectivity index (χ0) is 19.8. The van der Waals surface area contributed by atoms with Gasteiger partial charge in [0, 0.05) is 29.7 Å². The van der Waals surface area contributed by atoms with E-state index >= 15 is 0 Å². The second kappa shape index (κ2) is 6.76. The van der Waals surface area contributed by atoms with E-state index in [4.69, 9.17) is 4.74 Å². The van der Waals surface area contributed by atoms with Gasteiger partial charge in [-0.15, -0.1) is 0 Å². The van der Waals surface area contributed by atoms with Gasteiger partial charge in [-0.3, -0.25) is 23.6 Å². The molecule has 1 unspecified atom stereocenters. The van der Waals surface area contributed by atoms with E-state index in [0.29, 0.717) is 16.6 Å². The molecule has 1 atom stereocenters. The van der Waals surface area contributed by atoms with Crippen molar-refractivity contribution in [3.63, 3.8) is 0 Å². The van der Waals surface area contributed by atoms with Crippen LogP contribution in [0.1, 0.15) is 17.3 Å². The quantitative estimate of drug-likeness (QED) is 0.415. The van der Waals surface area contributed by atoms with Crippen molar-refractivity contribution >= 4 is 33.7 Å². The Kier molecular flexibility index (Phi) is 4.26. The molecular weight excluding hydrogens is 362 g/mol. The Morgan fingerprint density at radius 3 is 2.86 bits per heavy atom. The van der Waals surface area contributed by atoms with Crippen molar-refractivity contribution in [2.45, 2.75) is 19.6 Å².